The first-order valence-electron chi connectivity index (χ1n) is 8.27. The Kier molecular flexibility index (Phi) is 7.02. The molecule has 0 radical (unpaired) electrons. The molecule has 0 saturated carbocycles. The molecule has 2 aromatic rings. The Labute approximate surface area is 153 Å². The van der Waals surface area contributed by atoms with Crippen LogP contribution < -0.4 is 5.32 Å². The SMILES string of the molecule is CC(=O)N(CCc1cccc(Cl)c1)CC(=O)NCc1ccccc1C. The van der Waals surface area contributed by atoms with Crippen LogP contribution in [0.4, 0.5) is 0 Å². The normalized spacial score (nSPS) is 10.4. The molecule has 2 rings (SSSR count). The molecule has 0 atom stereocenters. The summed E-state index contributed by atoms with van der Waals surface area (Å²) in [5.74, 6) is -0.280. The predicted octanol–water partition coefficient (Wildman–Crippen LogP) is 3.36. The van der Waals surface area contributed by atoms with E-state index >= 15 is 0 Å². The van der Waals surface area contributed by atoms with Gasteiger partial charge in [-0.15, -0.1) is 0 Å². The van der Waals surface area contributed by atoms with Gasteiger partial charge in [0.1, 0.15) is 0 Å². The molecular formula is C20H23ClN2O2. The highest BCUT2D eigenvalue weighted by Gasteiger charge is 2.13. The van der Waals surface area contributed by atoms with E-state index in [9.17, 15) is 9.59 Å². The van der Waals surface area contributed by atoms with Crippen LogP contribution in [0.3, 0.4) is 0 Å². The summed E-state index contributed by atoms with van der Waals surface area (Å²) in [5.41, 5.74) is 3.25. The highest BCUT2D eigenvalue weighted by atomic mass is 35.5. The first-order chi connectivity index (χ1) is 12.0. The third-order valence-corrected chi connectivity index (χ3v) is 4.31. The number of rotatable bonds is 7. The molecule has 0 aliphatic rings. The molecule has 0 spiro atoms. The number of hydrogen-bond donors (Lipinski definition) is 1. The van der Waals surface area contributed by atoms with Gasteiger partial charge in [0.05, 0.1) is 6.54 Å². The molecule has 0 fully saturated rings. The summed E-state index contributed by atoms with van der Waals surface area (Å²) in [5, 5.41) is 3.55. The molecule has 5 heteroatoms. The van der Waals surface area contributed by atoms with E-state index in [1.807, 2.05) is 55.5 Å². The fraction of sp³-hybridized carbons (Fsp3) is 0.300. The van der Waals surface area contributed by atoms with Gasteiger partial charge >= 0.3 is 0 Å². The third-order valence-electron chi connectivity index (χ3n) is 4.08. The van der Waals surface area contributed by atoms with Crippen LogP contribution in [-0.4, -0.2) is 29.8 Å². The van der Waals surface area contributed by atoms with Gasteiger partial charge in [-0.3, -0.25) is 9.59 Å². The minimum Gasteiger partial charge on any atom is -0.350 e. The van der Waals surface area contributed by atoms with E-state index in [0.717, 1.165) is 16.7 Å². The summed E-state index contributed by atoms with van der Waals surface area (Å²) in [6.45, 7) is 4.49. The van der Waals surface area contributed by atoms with Crippen LogP contribution >= 0.6 is 11.6 Å². The standard InChI is InChI=1S/C20H23ClN2O2/c1-15-6-3-4-8-18(15)13-22-20(25)14-23(16(2)24)11-10-17-7-5-9-19(21)12-17/h3-9,12H,10-11,13-14H2,1-2H3,(H,22,25). The van der Waals surface area contributed by atoms with E-state index in [1.165, 1.54) is 6.92 Å². The zero-order chi connectivity index (χ0) is 18.2. The average Bonchev–Trinajstić information content (AvgIpc) is 2.57. The van der Waals surface area contributed by atoms with E-state index in [2.05, 4.69) is 5.32 Å². The Hall–Kier alpha value is -2.33. The Bertz CT molecular complexity index is 746. The van der Waals surface area contributed by atoms with Gasteiger partial charge in [-0.2, -0.15) is 0 Å². The fourth-order valence-electron chi connectivity index (χ4n) is 2.54. The van der Waals surface area contributed by atoms with Crippen molar-refractivity contribution in [2.75, 3.05) is 13.1 Å². The van der Waals surface area contributed by atoms with Crippen molar-refractivity contribution in [2.45, 2.75) is 26.8 Å². The molecule has 132 valence electrons. The average molecular weight is 359 g/mol. The molecule has 0 aromatic heterocycles. The quantitative estimate of drug-likeness (QED) is 0.825. The van der Waals surface area contributed by atoms with Crippen LogP contribution in [-0.2, 0) is 22.6 Å². The van der Waals surface area contributed by atoms with Crippen molar-refractivity contribution in [1.29, 1.82) is 0 Å². The maximum Gasteiger partial charge on any atom is 0.239 e. The number of carbonyl (C=O) groups excluding carboxylic acids is 2. The highest BCUT2D eigenvalue weighted by Crippen LogP contribution is 2.11. The maximum absolute atomic E-state index is 12.2. The number of benzene rings is 2. The van der Waals surface area contributed by atoms with Gasteiger partial charge in [-0.25, -0.2) is 0 Å². The maximum atomic E-state index is 12.2. The Morgan fingerprint density at radius 3 is 2.56 bits per heavy atom. The zero-order valence-electron chi connectivity index (χ0n) is 14.6. The van der Waals surface area contributed by atoms with Gasteiger partial charge in [-0.1, -0.05) is 48.0 Å². The minimum absolute atomic E-state index is 0.0573. The molecule has 0 aliphatic heterocycles. The second kappa shape index (κ2) is 9.23. The van der Waals surface area contributed by atoms with E-state index in [0.29, 0.717) is 24.5 Å². The summed E-state index contributed by atoms with van der Waals surface area (Å²) >= 11 is 5.97. The molecule has 0 saturated heterocycles. The molecule has 0 unspecified atom stereocenters. The topological polar surface area (TPSA) is 49.4 Å². The fourth-order valence-corrected chi connectivity index (χ4v) is 2.75. The van der Waals surface area contributed by atoms with Crippen molar-refractivity contribution >= 4 is 23.4 Å². The molecule has 2 aromatic carbocycles. The summed E-state index contributed by atoms with van der Waals surface area (Å²) < 4.78 is 0. The molecule has 25 heavy (non-hydrogen) atoms. The summed E-state index contributed by atoms with van der Waals surface area (Å²) in [4.78, 5) is 25.5. The Morgan fingerprint density at radius 1 is 1.12 bits per heavy atom. The summed E-state index contributed by atoms with van der Waals surface area (Å²) in [7, 11) is 0. The molecule has 0 bridgehead atoms. The number of halogens is 1. The van der Waals surface area contributed by atoms with Gasteiger partial charge in [0, 0.05) is 25.0 Å². The lowest BCUT2D eigenvalue weighted by Crippen LogP contribution is -2.40. The Balaban J connectivity index is 1.86. The molecule has 2 amide bonds. The van der Waals surface area contributed by atoms with Crippen LogP contribution in [0.25, 0.3) is 0 Å². The number of hydrogen-bond acceptors (Lipinski definition) is 2. The smallest absolute Gasteiger partial charge is 0.239 e. The molecule has 4 nitrogen and oxygen atoms in total. The minimum atomic E-state index is -0.162. The van der Waals surface area contributed by atoms with Crippen molar-refractivity contribution in [3.05, 3.63) is 70.2 Å². The van der Waals surface area contributed by atoms with E-state index < -0.39 is 0 Å². The number of aryl methyl sites for hydroxylation is 1. The highest BCUT2D eigenvalue weighted by molar-refractivity contribution is 6.30. The lowest BCUT2D eigenvalue weighted by atomic mass is 10.1. The van der Waals surface area contributed by atoms with E-state index in [-0.39, 0.29) is 18.4 Å². The van der Waals surface area contributed by atoms with Gasteiger partial charge in [0.2, 0.25) is 11.8 Å². The van der Waals surface area contributed by atoms with Crippen molar-refractivity contribution in [2.24, 2.45) is 0 Å². The van der Waals surface area contributed by atoms with Gasteiger partial charge in [0.25, 0.3) is 0 Å². The largest absolute Gasteiger partial charge is 0.350 e. The van der Waals surface area contributed by atoms with Crippen LogP contribution in [0.1, 0.15) is 23.6 Å². The monoisotopic (exact) mass is 358 g/mol. The van der Waals surface area contributed by atoms with Crippen molar-refractivity contribution < 1.29 is 9.59 Å². The van der Waals surface area contributed by atoms with Crippen LogP contribution in [0.5, 0.6) is 0 Å². The summed E-state index contributed by atoms with van der Waals surface area (Å²) in [6.07, 6.45) is 0.658. The zero-order valence-corrected chi connectivity index (χ0v) is 15.3. The molecule has 0 heterocycles. The first-order valence-corrected chi connectivity index (χ1v) is 8.64. The molecule has 0 aliphatic carbocycles. The summed E-state index contributed by atoms with van der Waals surface area (Å²) in [6, 6.07) is 15.4. The van der Waals surface area contributed by atoms with Gasteiger partial charge in [-0.05, 0) is 42.2 Å². The number of nitrogens with zero attached hydrogens (tertiary/aromatic N) is 1. The van der Waals surface area contributed by atoms with Crippen molar-refractivity contribution in [3.8, 4) is 0 Å². The number of nitrogens with one attached hydrogen (secondary N) is 1. The lowest BCUT2D eigenvalue weighted by molar-refractivity contribution is -0.134. The van der Waals surface area contributed by atoms with Crippen molar-refractivity contribution in [1.82, 2.24) is 10.2 Å². The van der Waals surface area contributed by atoms with Crippen LogP contribution in [0.2, 0.25) is 5.02 Å². The van der Waals surface area contributed by atoms with E-state index in [1.54, 1.807) is 4.90 Å². The molecular weight excluding hydrogens is 336 g/mol. The number of carbonyl (C=O) groups is 2. The third kappa shape index (κ3) is 6.24. The lowest BCUT2D eigenvalue weighted by Gasteiger charge is -2.20. The Morgan fingerprint density at radius 2 is 1.88 bits per heavy atom. The second-order valence-corrected chi connectivity index (χ2v) is 6.46. The van der Waals surface area contributed by atoms with Crippen LogP contribution in [0.15, 0.2) is 48.5 Å². The predicted molar refractivity (Wildman–Crippen MR) is 100 cm³/mol. The second-order valence-electron chi connectivity index (χ2n) is 6.02. The molecule has 1 N–H and O–H groups in total. The number of amides is 2. The first kappa shape index (κ1) is 19.0. The van der Waals surface area contributed by atoms with Crippen molar-refractivity contribution in [3.63, 3.8) is 0 Å². The van der Waals surface area contributed by atoms with Gasteiger partial charge < -0.3 is 10.2 Å². The van der Waals surface area contributed by atoms with Crippen LogP contribution in [0, 0.1) is 6.92 Å². The van der Waals surface area contributed by atoms with E-state index in [4.69, 9.17) is 11.6 Å². The van der Waals surface area contributed by atoms with Gasteiger partial charge in [0.15, 0.2) is 0 Å².